The standard InChI is InChI=1S/C20H19ClN2OS/c1-3-14-4-9-18-15(11-14)10-13(2)20(23-18)25-12-19(24)22-17-7-5-16(21)6-8-17/h4-11H,3,12H2,1-2H3,(H,22,24). The monoisotopic (exact) mass is 370 g/mol. The maximum absolute atomic E-state index is 12.1. The van der Waals surface area contributed by atoms with Gasteiger partial charge in [0, 0.05) is 16.1 Å². The van der Waals surface area contributed by atoms with Gasteiger partial charge in [-0.25, -0.2) is 4.98 Å². The Labute approximate surface area is 156 Å². The lowest BCUT2D eigenvalue weighted by molar-refractivity contribution is -0.113. The molecule has 1 N–H and O–H groups in total. The zero-order valence-corrected chi connectivity index (χ0v) is 15.7. The first kappa shape index (κ1) is 17.8. The number of benzene rings is 2. The maximum Gasteiger partial charge on any atom is 0.234 e. The van der Waals surface area contributed by atoms with E-state index in [2.05, 4.69) is 30.4 Å². The summed E-state index contributed by atoms with van der Waals surface area (Å²) in [7, 11) is 0. The number of rotatable bonds is 5. The number of aryl methyl sites for hydroxylation is 2. The van der Waals surface area contributed by atoms with E-state index in [1.807, 2.05) is 13.0 Å². The average Bonchev–Trinajstić information content (AvgIpc) is 2.61. The Hall–Kier alpha value is -2.04. The number of nitrogens with zero attached hydrogens (tertiary/aromatic N) is 1. The highest BCUT2D eigenvalue weighted by Gasteiger charge is 2.09. The van der Waals surface area contributed by atoms with E-state index in [0.717, 1.165) is 33.6 Å². The van der Waals surface area contributed by atoms with Crippen molar-refractivity contribution in [3.63, 3.8) is 0 Å². The van der Waals surface area contributed by atoms with Crippen LogP contribution >= 0.6 is 23.4 Å². The number of hydrogen-bond donors (Lipinski definition) is 1. The van der Waals surface area contributed by atoms with Gasteiger partial charge in [-0.3, -0.25) is 4.79 Å². The quantitative estimate of drug-likeness (QED) is 0.604. The minimum Gasteiger partial charge on any atom is -0.325 e. The Kier molecular flexibility index (Phi) is 5.61. The topological polar surface area (TPSA) is 42.0 Å². The Morgan fingerprint density at radius 2 is 1.92 bits per heavy atom. The summed E-state index contributed by atoms with van der Waals surface area (Å²) in [5, 5.41) is 5.55. The zero-order valence-electron chi connectivity index (χ0n) is 14.2. The summed E-state index contributed by atoms with van der Waals surface area (Å²) in [5.41, 5.74) is 4.09. The number of anilines is 1. The number of amides is 1. The number of halogens is 1. The Bertz CT molecular complexity index is 909. The Balaban J connectivity index is 1.68. The lowest BCUT2D eigenvalue weighted by atomic mass is 10.1. The normalized spacial score (nSPS) is 10.8. The van der Waals surface area contributed by atoms with Crippen LogP contribution in [0.5, 0.6) is 0 Å². The van der Waals surface area contributed by atoms with Crippen molar-refractivity contribution in [3.8, 4) is 0 Å². The molecule has 0 aliphatic carbocycles. The molecule has 1 aromatic heterocycles. The van der Waals surface area contributed by atoms with Gasteiger partial charge in [0.2, 0.25) is 5.91 Å². The molecule has 0 saturated carbocycles. The van der Waals surface area contributed by atoms with Crippen LogP contribution in [-0.4, -0.2) is 16.6 Å². The fourth-order valence-electron chi connectivity index (χ4n) is 2.54. The fraction of sp³-hybridized carbons (Fsp3) is 0.200. The van der Waals surface area contributed by atoms with Gasteiger partial charge in [-0.15, -0.1) is 0 Å². The summed E-state index contributed by atoms with van der Waals surface area (Å²) in [6.45, 7) is 4.18. The van der Waals surface area contributed by atoms with Crippen molar-refractivity contribution in [2.24, 2.45) is 0 Å². The molecule has 1 heterocycles. The van der Waals surface area contributed by atoms with Gasteiger partial charge in [-0.2, -0.15) is 0 Å². The van der Waals surface area contributed by atoms with Crippen LogP contribution in [0.15, 0.2) is 53.6 Å². The lowest BCUT2D eigenvalue weighted by Gasteiger charge is -2.09. The van der Waals surface area contributed by atoms with Crippen molar-refractivity contribution in [2.45, 2.75) is 25.3 Å². The van der Waals surface area contributed by atoms with E-state index in [-0.39, 0.29) is 5.91 Å². The van der Waals surface area contributed by atoms with E-state index >= 15 is 0 Å². The number of fused-ring (bicyclic) bond motifs is 1. The molecule has 0 atom stereocenters. The number of hydrogen-bond acceptors (Lipinski definition) is 3. The molecule has 3 rings (SSSR count). The molecule has 0 aliphatic rings. The largest absolute Gasteiger partial charge is 0.325 e. The first-order chi connectivity index (χ1) is 12.0. The van der Waals surface area contributed by atoms with E-state index in [1.165, 1.54) is 17.3 Å². The van der Waals surface area contributed by atoms with Crippen LogP contribution in [0.1, 0.15) is 18.1 Å². The molecular weight excluding hydrogens is 352 g/mol. The van der Waals surface area contributed by atoms with Crippen LogP contribution < -0.4 is 5.32 Å². The Morgan fingerprint density at radius 3 is 2.64 bits per heavy atom. The van der Waals surface area contributed by atoms with Crippen LogP contribution in [0.25, 0.3) is 10.9 Å². The molecule has 0 saturated heterocycles. The molecule has 0 unspecified atom stereocenters. The van der Waals surface area contributed by atoms with Crippen molar-refractivity contribution in [2.75, 3.05) is 11.1 Å². The van der Waals surface area contributed by atoms with Crippen molar-refractivity contribution >= 4 is 45.9 Å². The summed E-state index contributed by atoms with van der Waals surface area (Å²) in [5.74, 6) is 0.254. The van der Waals surface area contributed by atoms with Gasteiger partial charge < -0.3 is 5.32 Å². The number of nitrogens with one attached hydrogen (secondary N) is 1. The first-order valence-electron chi connectivity index (χ1n) is 8.13. The second-order valence-corrected chi connectivity index (χ2v) is 7.24. The summed E-state index contributed by atoms with van der Waals surface area (Å²) in [6, 6.07) is 15.6. The predicted octanol–water partition coefficient (Wildman–Crippen LogP) is 5.49. The number of carbonyl (C=O) groups is 1. The number of carbonyl (C=O) groups excluding carboxylic acids is 1. The smallest absolute Gasteiger partial charge is 0.234 e. The van der Waals surface area contributed by atoms with Gasteiger partial charge in [0.05, 0.1) is 11.3 Å². The second kappa shape index (κ2) is 7.89. The average molecular weight is 371 g/mol. The second-order valence-electron chi connectivity index (χ2n) is 5.83. The third-order valence-corrected chi connectivity index (χ3v) is 5.24. The van der Waals surface area contributed by atoms with Crippen LogP contribution in [0, 0.1) is 6.92 Å². The van der Waals surface area contributed by atoms with Crippen LogP contribution in [0.2, 0.25) is 5.02 Å². The van der Waals surface area contributed by atoms with Gasteiger partial charge >= 0.3 is 0 Å². The van der Waals surface area contributed by atoms with Crippen LogP contribution in [0.3, 0.4) is 0 Å². The SMILES string of the molecule is CCc1ccc2nc(SCC(=O)Nc3ccc(Cl)cc3)c(C)cc2c1. The molecule has 25 heavy (non-hydrogen) atoms. The van der Waals surface area contributed by atoms with Gasteiger partial charge in [-0.05, 0) is 66.9 Å². The molecule has 1 amide bonds. The number of aromatic nitrogens is 1. The fourth-order valence-corrected chi connectivity index (χ4v) is 3.46. The van der Waals surface area contributed by atoms with E-state index in [0.29, 0.717) is 10.8 Å². The molecule has 0 bridgehead atoms. The molecule has 3 aromatic rings. The minimum atomic E-state index is -0.0602. The maximum atomic E-state index is 12.1. The van der Waals surface area contributed by atoms with Gasteiger partial charge in [0.1, 0.15) is 5.03 Å². The zero-order chi connectivity index (χ0) is 17.8. The van der Waals surface area contributed by atoms with Gasteiger partial charge in [-0.1, -0.05) is 36.4 Å². The molecule has 2 aromatic carbocycles. The van der Waals surface area contributed by atoms with Crippen molar-refractivity contribution in [3.05, 3.63) is 64.7 Å². The minimum absolute atomic E-state index is 0.0602. The van der Waals surface area contributed by atoms with Crippen LogP contribution in [-0.2, 0) is 11.2 Å². The highest BCUT2D eigenvalue weighted by atomic mass is 35.5. The van der Waals surface area contributed by atoms with Crippen molar-refractivity contribution in [1.82, 2.24) is 4.98 Å². The van der Waals surface area contributed by atoms with Gasteiger partial charge in [0.25, 0.3) is 0 Å². The molecule has 5 heteroatoms. The van der Waals surface area contributed by atoms with E-state index in [4.69, 9.17) is 16.6 Å². The third kappa shape index (κ3) is 4.53. The molecule has 0 fully saturated rings. The van der Waals surface area contributed by atoms with E-state index in [9.17, 15) is 4.79 Å². The highest BCUT2D eigenvalue weighted by molar-refractivity contribution is 8.00. The first-order valence-corrected chi connectivity index (χ1v) is 9.50. The Morgan fingerprint density at radius 1 is 1.16 bits per heavy atom. The summed E-state index contributed by atoms with van der Waals surface area (Å²) >= 11 is 7.30. The summed E-state index contributed by atoms with van der Waals surface area (Å²) in [4.78, 5) is 16.8. The predicted molar refractivity (Wildman–Crippen MR) is 107 cm³/mol. The van der Waals surface area contributed by atoms with Crippen LogP contribution in [0.4, 0.5) is 5.69 Å². The van der Waals surface area contributed by atoms with E-state index in [1.54, 1.807) is 24.3 Å². The molecule has 0 aliphatic heterocycles. The lowest BCUT2D eigenvalue weighted by Crippen LogP contribution is -2.14. The molecule has 0 radical (unpaired) electrons. The third-order valence-electron chi connectivity index (χ3n) is 3.90. The summed E-state index contributed by atoms with van der Waals surface area (Å²) in [6.07, 6.45) is 1.01. The number of thioether (sulfide) groups is 1. The van der Waals surface area contributed by atoms with E-state index < -0.39 is 0 Å². The summed E-state index contributed by atoms with van der Waals surface area (Å²) < 4.78 is 0. The van der Waals surface area contributed by atoms with Crippen molar-refractivity contribution in [1.29, 1.82) is 0 Å². The highest BCUT2D eigenvalue weighted by Crippen LogP contribution is 2.25. The number of pyridine rings is 1. The van der Waals surface area contributed by atoms with Crippen molar-refractivity contribution < 1.29 is 4.79 Å². The molecule has 0 spiro atoms. The van der Waals surface area contributed by atoms with Gasteiger partial charge in [0.15, 0.2) is 0 Å². The molecular formula is C20H19ClN2OS. The molecule has 3 nitrogen and oxygen atoms in total. The molecule has 128 valence electrons.